The summed E-state index contributed by atoms with van der Waals surface area (Å²) in [7, 11) is 0. The zero-order valence-electron chi connectivity index (χ0n) is 13.2. The van der Waals surface area contributed by atoms with Crippen LogP contribution in [-0.4, -0.2) is 36.3 Å². The molecule has 1 atom stereocenters. The molecule has 4 nitrogen and oxygen atoms in total. The molecule has 0 radical (unpaired) electrons. The van der Waals surface area contributed by atoms with Gasteiger partial charge in [0.1, 0.15) is 5.82 Å². The maximum Gasteiger partial charge on any atom is 0.134 e. The Balaban J connectivity index is 1.99. The maximum atomic E-state index is 5.43. The van der Waals surface area contributed by atoms with Crippen LogP contribution in [0.1, 0.15) is 49.0 Å². The predicted molar refractivity (Wildman–Crippen MR) is 81.1 cm³/mol. The first-order valence-electron chi connectivity index (χ1n) is 7.70. The second kappa shape index (κ2) is 7.14. The summed E-state index contributed by atoms with van der Waals surface area (Å²) in [6.45, 7) is 12.3. The molecule has 0 bridgehead atoms. The van der Waals surface area contributed by atoms with Crippen LogP contribution in [0.15, 0.2) is 0 Å². The van der Waals surface area contributed by atoms with Gasteiger partial charge in [0.05, 0.1) is 6.61 Å². The average molecular weight is 277 g/mol. The van der Waals surface area contributed by atoms with Crippen molar-refractivity contribution < 1.29 is 4.74 Å². The molecule has 1 aliphatic rings. The Kier molecular flexibility index (Phi) is 5.49. The largest absolute Gasteiger partial charge is 0.381 e. The number of aromatic nitrogens is 2. The van der Waals surface area contributed by atoms with Crippen molar-refractivity contribution in [2.45, 2.75) is 46.5 Å². The molecule has 1 aromatic rings. The molecule has 0 spiro atoms. The van der Waals surface area contributed by atoms with Gasteiger partial charge in [0, 0.05) is 23.9 Å². The molecule has 0 aromatic carbocycles. The van der Waals surface area contributed by atoms with Gasteiger partial charge in [0.2, 0.25) is 0 Å². The van der Waals surface area contributed by atoms with Crippen LogP contribution < -0.4 is 5.32 Å². The molecule has 4 heteroatoms. The summed E-state index contributed by atoms with van der Waals surface area (Å²) in [4.78, 5) is 9.42. The predicted octanol–water partition coefficient (Wildman–Crippen LogP) is 2.39. The highest BCUT2D eigenvalue weighted by Gasteiger charge is 2.21. The van der Waals surface area contributed by atoms with Gasteiger partial charge in [-0.15, -0.1) is 0 Å². The summed E-state index contributed by atoms with van der Waals surface area (Å²) < 4.78 is 5.43. The fraction of sp³-hybridized carbons (Fsp3) is 0.750. The highest BCUT2D eigenvalue weighted by Crippen LogP contribution is 2.23. The van der Waals surface area contributed by atoms with Crippen LogP contribution in [0.4, 0.5) is 0 Å². The zero-order chi connectivity index (χ0) is 14.5. The number of ether oxygens (including phenoxy) is 1. The van der Waals surface area contributed by atoms with Crippen molar-refractivity contribution >= 4 is 0 Å². The van der Waals surface area contributed by atoms with E-state index >= 15 is 0 Å². The van der Waals surface area contributed by atoms with E-state index in [2.05, 4.69) is 33.0 Å². The van der Waals surface area contributed by atoms with Crippen LogP contribution in [-0.2, 0) is 11.2 Å². The van der Waals surface area contributed by atoms with Gasteiger partial charge in [-0.25, -0.2) is 9.97 Å². The third-order valence-electron chi connectivity index (χ3n) is 3.84. The molecule has 1 N–H and O–H groups in total. The van der Waals surface area contributed by atoms with E-state index < -0.39 is 0 Å². The quantitative estimate of drug-likeness (QED) is 0.811. The Hall–Kier alpha value is -1.00. The van der Waals surface area contributed by atoms with Gasteiger partial charge in [0.15, 0.2) is 0 Å². The topological polar surface area (TPSA) is 47.0 Å². The molecule has 20 heavy (non-hydrogen) atoms. The van der Waals surface area contributed by atoms with E-state index in [1.54, 1.807) is 0 Å². The molecule has 1 unspecified atom stereocenters. The molecule has 0 saturated carbocycles. The van der Waals surface area contributed by atoms with E-state index in [9.17, 15) is 0 Å². The second-order valence-corrected chi connectivity index (χ2v) is 6.14. The Morgan fingerprint density at radius 3 is 2.50 bits per heavy atom. The Morgan fingerprint density at radius 2 is 1.95 bits per heavy atom. The summed E-state index contributed by atoms with van der Waals surface area (Å²) in [5.74, 6) is 2.05. The van der Waals surface area contributed by atoms with Gasteiger partial charge >= 0.3 is 0 Å². The molecule has 112 valence electrons. The van der Waals surface area contributed by atoms with Gasteiger partial charge in [-0.1, -0.05) is 13.8 Å². The highest BCUT2D eigenvalue weighted by molar-refractivity contribution is 5.25. The molecule has 0 amide bonds. The van der Waals surface area contributed by atoms with Crippen molar-refractivity contribution in [2.24, 2.45) is 5.92 Å². The third kappa shape index (κ3) is 4.00. The molecule has 1 fully saturated rings. The van der Waals surface area contributed by atoms with Crippen LogP contribution in [0.3, 0.4) is 0 Å². The monoisotopic (exact) mass is 277 g/mol. The molecule has 2 heterocycles. The van der Waals surface area contributed by atoms with E-state index in [0.717, 1.165) is 56.4 Å². The summed E-state index contributed by atoms with van der Waals surface area (Å²) in [6, 6.07) is 0. The molecule has 1 aliphatic heterocycles. The van der Waals surface area contributed by atoms with Crippen molar-refractivity contribution in [2.75, 3.05) is 26.3 Å². The van der Waals surface area contributed by atoms with E-state index in [4.69, 9.17) is 14.7 Å². The fourth-order valence-electron chi connectivity index (χ4n) is 2.65. The lowest BCUT2D eigenvalue weighted by Gasteiger charge is -2.14. The second-order valence-electron chi connectivity index (χ2n) is 6.14. The number of hydrogen-bond acceptors (Lipinski definition) is 4. The van der Waals surface area contributed by atoms with E-state index in [1.807, 2.05) is 0 Å². The standard InChI is InChI=1S/C16H27N3O/c1-11(2)9-17-7-5-15-12(3)18-16(19-13(15)4)14-6-8-20-10-14/h11,14,17H,5-10H2,1-4H3. The highest BCUT2D eigenvalue weighted by atomic mass is 16.5. The van der Waals surface area contributed by atoms with Gasteiger partial charge in [0.25, 0.3) is 0 Å². The van der Waals surface area contributed by atoms with Crippen LogP contribution in [0.2, 0.25) is 0 Å². The van der Waals surface area contributed by atoms with Crippen molar-refractivity contribution in [3.63, 3.8) is 0 Å². The first-order valence-corrected chi connectivity index (χ1v) is 7.70. The van der Waals surface area contributed by atoms with Crippen molar-refractivity contribution in [1.29, 1.82) is 0 Å². The lowest BCUT2D eigenvalue weighted by Crippen LogP contribution is -2.23. The Bertz CT molecular complexity index is 416. The first kappa shape index (κ1) is 15.4. The number of aryl methyl sites for hydroxylation is 2. The number of nitrogens with one attached hydrogen (secondary N) is 1. The molecule has 1 saturated heterocycles. The fourth-order valence-corrected chi connectivity index (χ4v) is 2.65. The van der Waals surface area contributed by atoms with Gasteiger partial charge in [-0.3, -0.25) is 0 Å². The first-order chi connectivity index (χ1) is 9.58. The number of hydrogen-bond donors (Lipinski definition) is 1. The van der Waals surface area contributed by atoms with Crippen molar-refractivity contribution in [1.82, 2.24) is 15.3 Å². The Labute approximate surface area is 122 Å². The van der Waals surface area contributed by atoms with E-state index in [-0.39, 0.29) is 0 Å². The van der Waals surface area contributed by atoms with Gasteiger partial charge in [-0.05, 0) is 51.3 Å². The van der Waals surface area contributed by atoms with Crippen LogP contribution in [0, 0.1) is 19.8 Å². The minimum atomic E-state index is 0.389. The smallest absolute Gasteiger partial charge is 0.134 e. The van der Waals surface area contributed by atoms with Gasteiger partial charge < -0.3 is 10.1 Å². The third-order valence-corrected chi connectivity index (χ3v) is 3.84. The zero-order valence-corrected chi connectivity index (χ0v) is 13.2. The average Bonchev–Trinajstić information content (AvgIpc) is 2.90. The van der Waals surface area contributed by atoms with E-state index in [0.29, 0.717) is 11.8 Å². The molecular formula is C16H27N3O. The lowest BCUT2D eigenvalue weighted by molar-refractivity contribution is 0.193. The molecular weight excluding hydrogens is 250 g/mol. The molecule has 2 rings (SSSR count). The van der Waals surface area contributed by atoms with Gasteiger partial charge in [-0.2, -0.15) is 0 Å². The maximum absolute atomic E-state index is 5.43. The SMILES string of the molecule is Cc1nc(C2CCOC2)nc(C)c1CCNCC(C)C. The van der Waals surface area contributed by atoms with Crippen molar-refractivity contribution in [3.05, 3.63) is 22.8 Å². The molecule has 1 aromatic heterocycles. The Morgan fingerprint density at radius 1 is 1.25 bits per heavy atom. The number of nitrogens with zero attached hydrogens (tertiary/aromatic N) is 2. The summed E-state index contributed by atoms with van der Waals surface area (Å²) >= 11 is 0. The summed E-state index contributed by atoms with van der Waals surface area (Å²) in [5.41, 5.74) is 3.56. The van der Waals surface area contributed by atoms with Crippen LogP contribution in [0.25, 0.3) is 0 Å². The van der Waals surface area contributed by atoms with Crippen LogP contribution in [0.5, 0.6) is 0 Å². The lowest BCUT2D eigenvalue weighted by atomic mass is 10.1. The summed E-state index contributed by atoms with van der Waals surface area (Å²) in [6.07, 6.45) is 2.06. The minimum Gasteiger partial charge on any atom is -0.381 e. The normalized spacial score (nSPS) is 18.9. The number of rotatable bonds is 6. The minimum absolute atomic E-state index is 0.389. The van der Waals surface area contributed by atoms with E-state index in [1.165, 1.54) is 5.56 Å². The molecule has 0 aliphatic carbocycles. The summed E-state index contributed by atoms with van der Waals surface area (Å²) in [5, 5.41) is 3.48. The van der Waals surface area contributed by atoms with Crippen molar-refractivity contribution in [3.8, 4) is 0 Å². The van der Waals surface area contributed by atoms with Crippen LogP contribution >= 0.6 is 0 Å².